The summed E-state index contributed by atoms with van der Waals surface area (Å²) < 4.78 is 0. The van der Waals surface area contributed by atoms with Crippen LogP contribution in [0.5, 0.6) is 0 Å². The molecule has 1 rings (SSSR count). The van der Waals surface area contributed by atoms with Crippen LogP contribution < -0.4 is 11.1 Å². The molecule has 0 spiro atoms. The monoisotopic (exact) mass is 240 g/mol. The van der Waals surface area contributed by atoms with Crippen molar-refractivity contribution in [2.45, 2.75) is 58.9 Å². The average molecular weight is 240 g/mol. The highest BCUT2D eigenvalue weighted by molar-refractivity contribution is 5.79. The maximum absolute atomic E-state index is 12.0. The Morgan fingerprint density at radius 2 is 2.12 bits per heavy atom. The molecule has 17 heavy (non-hydrogen) atoms. The summed E-state index contributed by atoms with van der Waals surface area (Å²) in [7, 11) is 0. The Labute approximate surface area is 106 Å². The van der Waals surface area contributed by atoms with Crippen molar-refractivity contribution in [3.05, 3.63) is 0 Å². The predicted octanol–water partition coefficient (Wildman–Crippen LogP) is 2.30. The maximum Gasteiger partial charge on any atom is 0.223 e. The molecular weight excluding hydrogens is 212 g/mol. The van der Waals surface area contributed by atoms with E-state index in [1.807, 2.05) is 0 Å². The van der Waals surface area contributed by atoms with Gasteiger partial charge >= 0.3 is 0 Å². The molecule has 1 aliphatic rings. The number of nitrogens with two attached hydrogens (primary N) is 1. The molecule has 3 atom stereocenters. The van der Waals surface area contributed by atoms with Gasteiger partial charge in [0, 0.05) is 18.5 Å². The maximum atomic E-state index is 12.0. The van der Waals surface area contributed by atoms with Gasteiger partial charge in [0.15, 0.2) is 0 Å². The zero-order valence-corrected chi connectivity index (χ0v) is 11.5. The lowest BCUT2D eigenvalue weighted by Crippen LogP contribution is -2.41. The van der Waals surface area contributed by atoms with E-state index in [1.54, 1.807) is 0 Å². The fraction of sp³-hybridized carbons (Fsp3) is 0.929. The molecule has 3 unspecified atom stereocenters. The van der Waals surface area contributed by atoms with E-state index in [9.17, 15) is 4.79 Å². The first-order valence-electron chi connectivity index (χ1n) is 7.04. The first-order valence-corrected chi connectivity index (χ1v) is 7.04. The van der Waals surface area contributed by atoms with Crippen LogP contribution in [0.1, 0.15) is 52.9 Å². The summed E-state index contributed by atoms with van der Waals surface area (Å²) in [5.41, 5.74) is 5.91. The Kier molecular flexibility index (Phi) is 5.96. The highest BCUT2D eigenvalue weighted by atomic mass is 16.1. The second-order valence-electron chi connectivity index (χ2n) is 5.98. The summed E-state index contributed by atoms with van der Waals surface area (Å²) in [6.45, 7) is 7.41. The third-order valence-electron chi connectivity index (χ3n) is 3.80. The molecule has 0 saturated heterocycles. The molecular formula is C14H28N2O. The number of nitrogens with one attached hydrogen (secondary N) is 1. The highest BCUT2D eigenvalue weighted by Gasteiger charge is 2.30. The average Bonchev–Trinajstić information content (AvgIpc) is 2.23. The minimum atomic E-state index is 0.189. The van der Waals surface area contributed by atoms with Gasteiger partial charge in [0.1, 0.15) is 0 Å². The Balaban J connectivity index is 2.23. The number of carbonyl (C=O) groups is 1. The van der Waals surface area contributed by atoms with E-state index in [0.717, 1.165) is 38.1 Å². The summed E-state index contributed by atoms with van der Waals surface area (Å²) in [4.78, 5) is 12.0. The van der Waals surface area contributed by atoms with Gasteiger partial charge in [-0.05, 0) is 43.9 Å². The van der Waals surface area contributed by atoms with Gasteiger partial charge in [0.2, 0.25) is 5.91 Å². The van der Waals surface area contributed by atoms with E-state index < -0.39 is 0 Å². The standard InChI is InChI=1S/C14H28N2O/c1-10(2)5-4-8-16-14(17)13-7-6-12(15)9-11(13)3/h10-13H,4-9,15H2,1-3H3,(H,16,17). The Morgan fingerprint density at radius 3 is 2.71 bits per heavy atom. The van der Waals surface area contributed by atoms with Gasteiger partial charge in [-0.15, -0.1) is 0 Å². The minimum Gasteiger partial charge on any atom is -0.356 e. The quantitative estimate of drug-likeness (QED) is 0.725. The molecule has 0 aromatic heterocycles. The predicted molar refractivity (Wildman–Crippen MR) is 71.6 cm³/mol. The van der Waals surface area contributed by atoms with Crippen molar-refractivity contribution in [3.63, 3.8) is 0 Å². The zero-order valence-electron chi connectivity index (χ0n) is 11.5. The SMILES string of the molecule is CC(C)CCCNC(=O)C1CCC(N)CC1C. The van der Waals surface area contributed by atoms with E-state index in [-0.39, 0.29) is 11.8 Å². The first-order chi connectivity index (χ1) is 8.00. The van der Waals surface area contributed by atoms with Crippen LogP contribution in [0.25, 0.3) is 0 Å². The molecule has 0 bridgehead atoms. The second kappa shape index (κ2) is 7.00. The van der Waals surface area contributed by atoms with Crippen molar-refractivity contribution in [1.29, 1.82) is 0 Å². The van der Waals surface area contributed by atoms with Crippen LogP contribution in [-0.4, -0.2) is 18.5 Å². The summed E-state index contributed by atoms with van der Waals surface area (Å²) in [5.74, 6) is 1.59. The molecule has 3 N–H and O–H groups in total. The fourth-order valence-electron chi connectivity index (χ4n) is 2.68. The molecule has 0 radical (unpaired) electrons. The summed E-state index contributed by atoms with van der Waals surface area (Å²) in [5, 5.41) is 3.07. The van der Waals surface area contributed by atoms with Crippen LogP contribution in [0.3, 0.4) is 0 Å². The van der Waals surface area contributed by atoms with Gasteiger partial charge in [-0.3, -0.25) is 4.79 Å². The second-order valence-corrected chi connectivity index (χ2v) is 5.98. The van der Waals surface area contributed by atoms with E-state index in [2.05, 4.69) is 26.1 Å². The topological polar surface area (TPSA) is 55.1 Å². The van der Waals surface area contributed by atoms with Gasteiger partial charge < -0.3 is 11.1 Å². The van der Waals surface area contributed by atoms with Crippen molar-refractivity contribution in [3.8, 4) is 0 Å². The largest absolute Gasteiger partial charge is 0.356 e. The molecule has 1 amide bonds. The molecule has 1 aliphatic carbocycles. The number of hydrogen-bond donors (Lipinski definition) is 2. The smallest absolute Gasteiger partial charge is 0.223 e. The van der Waals surface area contributed by atoms with Crippen LogP contribution >= 0.6 is 0 Å². The highest BCUT2D eigenvalue weighted by Crippen LogP contribution is 2.29. The van der Waals surface area contributed by atoms with Crippen LogP contribution in [0.15, 0.2) is 0 Å². The molecule has 1 fully saturated rings. The molecule has 0 aliphatic heterocycles. The van der Waals surface area contributed by atoms with Crippen LogP contribution in [0.2, 0.25) is 0 Å². The van der Waals surface area contributed by atoms with Crippen molar-refractivity contribution >= 4 is 5.91 Å². The van der Waals surface area contributed by atoms with Crippen molar-refractivity contribution < 1.29 is 4.79 Å². The van der Waals surface area contributed by atoms with Crippen LogP contribution in [0, 0.1) is 17.8 Å². The van der Waals surface area contributed by atoms with Crippen LogP contribution in [0.4, 0.5) is 0 Å². The molecule has 3 heteroatoms. The van der Waals surface area contributed by atoms with E-state index in [1.165, 1.54) is 6.42 Å². The molecule has 0 aromatic carbocycles. The Hall–Kier alpha value is -0.570. The number of amides is 1. The zero-order chi connectivity index (χ0) is 12.8. The normalized spacial score (nSPS) is 29.4. The first kappa shape index (κ1) is 14.5. The van der Waals surface area contributed by atoms with E-state index >= 15 is 0 Å². The summed E-state index contributed by atoms with van der Waals surface area (Å²) in [6, 6.07) is 0.301. The van der Waals surface area contributed by atoms with Gasteiger partial charge in [0.25, 0.3) is 0 Å². The Morgan fingerprint density at radius 1 is 1.41 bits per heavy atom. The lowest BCUT2D eigenvalue weighted by Gasteiger charge is -2.31. The molecule has 0 heterocycles. The van der Waals surface area contributed by atoms with Gasteiger partial charge in [-0.1, -0.05) is 20.8 Å². The lowest BCUT2D eigenvalue weighted by molar-refractivity contribution is -0.127. The summed E-state index contributed by atoms with van der Waals surface area (Å²) >= 11 is 0. The van der Waals surface area contributed by atoms with Gasteiger partial charge in [-0.25, -0.2) is 0 Å². The van der Waals surface area contributed by atoms with E-state index in [4.69, 9.17) is 5.73 Å². The minimum absolute atomic E-state index is 0.189. The molecule has 1 saturated carbocycles. The molecule has 3 nitrogen and oxygen atoms in total. The third kappa shape index (κ3) is 5.07. The number of carbonyl (C=O) groups excluding carboxylic acids is 1. The molecule has 0 aromatic rings. The van der Waals surface area contributed by atoms with E-state index in [0.29, 0.717) is 12.0 Å². The van der Waals surface area contributed by atoms with Gasteiger partial charge in [-0.2, -0.15) is 0 Å². The Bertz CT molecular complexity index is 240. The van der Waals surface area contributed by atoms with Crippen LogP contribution in [-0.2, 0) is 4.79 Å². The fourth-order valence-corrected chi connectivity index (χ4v) is 2.68. The van der Waals surface area contributed by atoms with Gasteiger partial charge in [0.05, 0.1) is 0 Å². The van der Waals surface area contributed by atoms with Crippen molar-refractivity contribution in [2.24, 2.45) is 23.5 Å². The van der Waals surface area contributed by atoms with Crippen molar-refractivity contribution in [2.75, 3.05) is 6.54 Å². The number of rotatable bonds is 5. The third-order valence-corrected chi connectivity index (χ3v) is 3.80. The number of hydrogen-bond acceptors (Lipinski definition) is 2. The molecule has 100 valence electrons. The van der Waals surface area contributed by atoms with Crippen molar-refractivity contribution in [1.82, 2.24) is 5.32 Å². The lowest BCUT2D eigenvalue weighted by atomic mass is 9.78. The summed E-state index contributed by atoms with van der Waals surface area (Å²) in [6.07, 6.45) is 5.21.